The van der Waals surface area contributed by atoms with Crippen molar-refractivity contribution in [2.24, 2.45) is 5.73 Å². The van der Waals surface area contributed by atoms with Gasteiger partial charge < -0.3 is 9.74 Å². The lowest BCUT2D eigenvalue weighted by Crippen LogP contribution is -2.53. The van der Waals surface area contributed by atoms with Crippen LogP contribution >= 0.6 is 0 Å². The van der Waals surface area contributed by atoms with Crippen LogP contribution in [0.4, 0.5) is 13.2 Å². The van der Waals surface area contributed by atoms with Gasteiger partial charge in [-0.15, -0.1) is 0 Å². The summed E-state index contributed by atoms with van der Waals surface area (Å²) in [6.45, 7) is 1.41. The molecule has 132 valence electrons. The van der Waals surface area contributed by atoms with Gasteiger partial charge in [0.05, 0.1) is 0 Å². The van der Waals surface area contributed by atoms with Crippen molar-refractivity contribution < 1.29 is 27.6 Å². The normalized spacial score (nSPS) is 25.2. The van der Waals surface area contributed by atoms with Gasteiger partial charge in [-0.25, -0.2) is 4.79 Å². The summed E-state index contributed by atoms with van der Waals surface area (Å²) in [5, 5.41) is 0.633. The van der Waals surface area contributed by atoms with Crippen LogP contribution in [0.15, 0.2) is 30.3 Å². The zero-order valence-corrected chi connectivity index (χ0v) is 13.2. The number of hydroxylamine groups is 2. The highest BCUT2D eigenvalue weighted by atomic mass is 19.4. The highest BCUT2D eigenvalue weighted by molar-refractivity contribution is 5.88. The summed E-state index contributed by atoms with van der Waals surface area (Å²) in [6.07, 6.45) is -5.92. The molecule has 1 fully saturated rings. The lowest BCUT2D eigenvalue weighted by Gasteiger charge is -2.32. The minimum Gasteiger partial charge on any atom is -0.356 e. The Labute approximate surface area is 136 Å². The molecule has 1 aromatic carbocycles. The van der Waals surface area contributed by atoms with E-state index in [1.165, 1.54) is 14.0 Å². The lowest BCUT2D eigenvalue weighted by atomic mass is 9.93. The van der Waals surface area contributed by atoms with Gasteiger partial charge in [-0.2, -0.15) is 13.2 Å². The molecule has 0 bridgehead atoms. The molecule has 0 radical (unpaired) electrons. The van der Waals surface area contributed by atoms with Crippen molar-refractivity contribution in [1.29, 1.82) is 0 Å². The van der Waals surface area contributed by atoms with E-state index in [9.17, 15) is 22.8 Å². The SMILES string of the molecule is CN1C(=O)C(C)(CCc2ccccc2)N(OC(=O)C(F)(F)F)C1N. The number of rotatable bonds is 4. The zero-order valence-electron chi connectivity index (χ0n) is 13.2. The molecular formula is C15H18F3N3O3. The molecule has 6 nitrogen and oxygen atoms in total. The summed E-state index contributed by atoms with van der Waals surface area (Å²) in [5.74, 6) is -2.92. The van der Waals surface area contributed by atoms with Gasteiger partial charge in [0.1, 0.15) is 5.54 Å². The highest BCUT2D eigenvalue weighted by Crippen LogP contribution is 2.34. The third-order valence-electron chi connectivity index (χ3n) is 4.06. The number of nitrogens with two attached hydrogens (primary N) is 1. The topological polar surface area (TPSA) is 75.9 Å². The van der Waals surface area contributed by atoms with E-state index in [0.29, 0.717) is 11.5 Å². The highest BCUT2D eigenvalue weighted by Gasteiger charge is 2.56. The number of likely N-dealkylation sites (N-methyl/N-ethyl adjacent to an activating group) is 1. The summed E-state index contributed by atoms with van der Waals surface area (Å²) in [4.78, 5) is 29.1. The number of aryl methyl sites for hydroxylation is 1. The first-order valence-electron chi connectivity index (χ1n) is 7.22. The number of hydrogen-bond acceptors (Lipinski definition) is 5. The van der Waals surface area contributed by atoms with E-state index in [-0.39, 0.29) is 6.42 Å². The number of carbonyl (C=O) groups excluding carboxylic acids is 2. The van der Waals surface area contributed by atoms with E-state index < -0.39 is 29.9 Å². The van der Waals surface area contributed by atoms with E-state index in [1.54, 1.807) is 0 Å². The maximum absolute atomic E-state index is 12.5. The van der Waals surface area contributed by atoms with Gasteiger partial charge in [-0.05, 0) is 25.3 Å². The first-order chi connectivity index (χ1) is 11.1. The maximum atomic E-state index is 12.5. The van der Waals surface area contributed by atoms with Crippen LogP contribution < -0.4 is 5.73 Å². The van der Waals surface area contributed by atoms with E-state index in [4.69, 9.17) is 5.73 Å². The van der Waals surface area contributed by atoms with Crippen LogP contribution in [0.5, 0.6) is 0 Å². The Bertz CT molecular complexity index is 623. The Balaban J connectivity index is 2.22. The molecule has 2 atom stereocenters. The number of halogens is 3. The van der Waals surface area contributed by atoms with Gasteiger partial charge >= 0.3 is 12.1 Å². The molecule has 1 aromatic rings. The fourth-order valence-corrected chi connectivity index (χ4v) is 2.59. The van der Waals surface area contributed by atoms with Crippen LogP contribution in [0.25, 0.3) is 0 Å². The van der Waals surface area contributed by atoms with Crippen molar-refractivity contribution in [2.75, 3.05) is 7.05 Å². The average Bonchev–Trinajstić information content (AvgIpc) is 2.69. The van der Waals surface area contributed by atoms with Crippen LogP contribution in [0.2, 0.25) is 0 Å². The minimum absolute atomic E-state index is 0.138. The summed E-state index contributed by atoms with van der Waals surface area (Å²) in [6, 6.07) is 9.12. The molecule has 1 aliphatic rings. The van der Waals surface area contributed by atoms with Crippen molar-refractivity contribution in [3.8, 4) is 0 Å². The Morgan fingerprint density at radius 2 is 1.92 bits per heavy atom. The second-order valence-electron chi connectivity index (χ2n) is 5.79. The number of benzene rings is 1. The van der Waals surface area contributed by atoms with E-state index in [2.05, 4.69) is 4.84 Å². The molecule has 24 heavy (non-hydrogen) atoms. The Morgan fingerprint density at radius 3 is 2.46 bits per heavy atom. The molecule has 1 aliphatic heterocycles. The van der Waals surface area contributed by atoms with Crippen LogP contribution in [-0.4, -0.2) is 46.9 Å². The van der Waals surface area contributed by atoms with Gasteiger partial charge in [0, 0.05) is 7.05 Å². The smallest absolute Gasteiger partial charge is 0.356 e. The molecule has 1 saturated heterocycles. The number of nitrogens with zero attached hydrogens (tertiary/aromatic N) is 2. The van der Waals surface area contributed by atoms with Gasteiger partial charge in [0.2, 0.25) is 5.91 Å². The Morgan fingerprint density at radius 1 is 1.33 bits per heavy atom. The van der Waals surface area contributed by atoms with Crippen molar-refractivity contribution in [3.05, 3.63) is 35.9 Å². The van der Waals surface area contributed by atoms with Crippen molar-refractivity contribution in [1.82, 2.24) is 9.96 Å². The standard InChI is InChI=1S/C15H18F3N3O3/c1-14(9-8-10-6-4-3-5-7-10)11(22)20(2)13(19)21(14)24-12(23)15(16,17)18/h3-7,13H,8-9,19H2,1-2H3. The molecule has 0 aliphatic carbocycles. The number of alkyl halides is 3. The fraction of sp³-hybridized carbons (Fsp3) is 0.467. The van der Waals surface area contributed by atoms with Crippen molar-refractivity contribution >= 4 is 11.9 Å². The molecule has 0 saturated carbocycles. The molecule has 2 N–H and O–H groups in total. The summed E-state index contributed by atoms with van der Waals surface area (Å²) >= 11 is 0. The molecule has 1 amide bonds. The second kappa shape index (κ2) is 6.40. The lowest BCUT2D eigenvalue weighted by molar-refractivity contribution is -0.262. The molecule has 0 spiro atoms. The van der Waals surface area contributed by atoms with E-state index >= 15 is 0 Å². The van der Waals surface area contributed by atoms with Crippen LogP contribution in [0.1, 0.15) is 18.9 Å². The third-order valence-corrected chi connectivity index (χ3v) is 4.06. The summed E-state index contributed by atoms with van der Waals surface area (Å²) < 4.78 is 37.5. The predicted molar refractivity (Wildman–Crippen MR) is 77.9 cm³/mol. The van der Waals surface area contributed by atoms with Crippen LogP contribution in [0.3, 0.4) is 0 Å². The zero-order chi connectivity index (χ0) is 18.1. The monoisotopic (exact) mass is 345 g/mol. The quantitative estimate of drug-likeness (QED) is 0.893. The molecule has 2 rings (SSSR count). The van der Waals surface area contributed by atoms with Gasteiger partial charge in [0.25, 0.3) is 0 Å². The second-order valence-corrected chi connectivity index (χ2v) is 5.79. The molecule has 1 heterocycles. The first kappa shape index (κ1) is 18.2. The predicted octanol–water partition coefficient (Wildman–Crippen LogP) is 1.41. The largest absolute Gasteiger partial charge is 0.492 e. The van der Waals surface area contributed by atoms with Gasteiger partial charge in [-0.3, -0.25) is 10.5 Å². The number of hydrogen-bond donors (Lipinski definition) is 1. The first-order valence-corrected chi connectivity index (χ1v) is 7.22. The Kier molecular flexibility index (Phi) is 4.86. The third kappa shape index (κ3) is 3.36. The number of amides is 1. The summed E-state index contributed by atoms with van der Waals surface area (Å²) in [7, 11) is 1.34. The van der Waals surface area contributed by atoms with Crippen LogP contribution in [0, 0.1) is 0 Å². The summed E-state index contributed by atoms with van der Waals surface area (Å²) in [5.41, 5.74) is 5.15. The van der Waals surface area contributed by atoms with Gasteiger partial charge in [-0.1, -0.05) is 35.4 Å². The molecular weight excluding hydrogens is 327 g/mol. The van der Waals surface area contributed by atoms with E-state index in [0.717, 1.165) is 10.5 Å². The van der Waals surface area contributed by atoms with Gasteiger partial charge in [0.15, 0.2) is 6.29 Å². The molecule has 9 heteroatoms. The van der Waals surface area contributed by atoms with Crippen molar-refractivity contribution in [2.45, 2.75) is 37.8 Å². The average molecular weight is 345 g/mol. The fourth-order valence-electron chi connectivity index (χ4n) is 2.59. The Hall–Kier alpha value is -2.13. The van der Waals surface area contributed by atoms with E-state index in [1.807, 2.05) is 30.3 Å². The van der Waals surface area contributed by atoms with Crippen LogP contribution in [-0.2, 0) is 20.8 Å². The molecule has 2 unspecified atom stereocenters. The number of carbonyl (C=O) groups is 2. The van der Waals surface area contributed by atoms with Crippen molar-refractivity contribution in [3.63, 3.8) is 0 Å². The minimum atomic E-state index is -5.18. The maximum Gasteiger partial charge on any atom is 0.492 e. The molecule has 0 aromatic heterocycles.